The zero-order chi connectivity index (χ0) is 14.1. The van der Waals surface area contributed by atoms with E-state index in [0.717, 1.165) is 36.1 Å². The molecule has 1 aliphatic rings. The quantitative estimate of drug-likeness (QED) is 0.777. The van der Waals surface area contributed by atoms with Crippen molar-refractivity contribution in [3.05, 3.63) is 52.1 Å². The second-order valence-electron chi connectivity index (χ2n) is 5.20. The maximum atomic E-state index is 10.9. The summed E-state index contributed by atoms with van der Waals surface area (Å²) >= 11 is 0. The molecule has 0 saturated heterocycles. The third-order valence-corrected chi connectivity index (χ3v) is 4.08. The first-order valence-corrected chi connectivity index (χ1v) is 6.76. The van der Waals surface area contributed by atoms with Gasteiger partial charge in [0.05, 0.1) is 0 Å². The van der Waals surface area contributed by atoms with Crippen LogP contribution < -0.4 is 0 Å². The van der Waals surface area contributed by atoms with E-state index in [1.807, 2.05) is 35.9 Å². The molecule has 1 unspecified atom stereocenters. The van der Waals surface area contributed by atoms with Crippen molar-refractivity contribution in [2.75, 3.05) is 0 Å². The van der Waals surface area contributed by atoms with Gasteiger partial charge in [-0.2, -0.15) is 10.2 Å². The van der Waals surface area contributed by atoms with Crippen molar-refractivity contribution < 1.29 is 0 Å². The third kappa shape index (κ3) is 1.92. The molecule has 0 amide bonds. The molecule has 0 spiro atoms. The lowest BCUT2D eigenvalue weighted by molar-refractivity contribution is 0.569. The number of benzene rings is 1. The van der Waals surface area contributed by atoms with Crippen LogP contribution in [0.2, 0.25) is 0 Å². The topological polar surface area (TPSA) is 58.1 Å². The molecule has 3 rings (SSSR count). The highest BCUT2D eigenvalue weighted by Gasteiger charge is 2.21. The van der Waals surface area contributed by atoms with E-state index in [0.29, 0.717) is 5.69 Å². The molecular formula is C16H15N3O. The molecule has 1 aromatic heterocycles. The Morgan fingerprint density at radius 3 is 2.90 bits per heavy atom. The number of nitroso groups, excluding NO2 is 1. The van der Waals surface area contributed by atoms with Crippen molar-refractivity contribution in [1.82, 2.24) is 4.57 Å². The van der Waals surface area contributed by atoms with Crippen molar-refractivity contribution >= 4 is 0 Å². The van der Waals surface area contributed by atoms with Crippen molar-refractivity contribution in [3.8, 4) is 17.3 Å². The highest BCUT2D eigenvalue weighted by atomic mass is 16.3. The summed E-state index contributed by atoms with van der Waals surface area (Å²) in [7, 11) is 1.89. The van der Waals surface area contributed by atoms with E-state index < -0.39 is 0 Å². The van der Waals surface area contributed by atoms with E-state index in [-0.39, 0.29) is 6.04 Å². The molecule has 0 radical (unpaired) electrons. The van der Waals surface area contributed by atoms with Crippen LogP contribution in [0.3, 0.4) is 0 Å². The molecule has 2 aromatic rings. The van der Waals surface area contributed by atoms with Crippen LogP contribution in [0.4, 0.5) is 0 Å². The van der Waals surface area contributed by atoms with E-state index in [2.05, 4.69) is 17.3 Å². The predicted octanol–water partition coefficient (Wildman–Crippen LogP) is 3.71. The normalized spacial score (nSPS) is 17.3. The van der Waals surface area contributed by atoms with E-state index >= 15 is 0 Å². The van der Waals surface area contributed by atoms with Crippen molar-refractivity contribution in [3.63, 3.8) is 0 Å². The van der Waals surface area contributed by atoms with Gasteiger partial charge in [-0.3, -0.25) is 0 Å². The number of fused-ring (bicyclic) bond motifs is 1. The van der Waals surface area contributed by atoms with Gasteiger partial charge < -0.3 is 4.57 Å². The Bertz CT molecular complexity index is 709. The van der Waals surface area contributed by atoms with E-state index in [1.165, 1.54) is 5.56 Å². The maximum Gasteiger partial charge on any atom is 0.120 e. The lowest BCUT2D eigenvalue weighted by Crippen LogP contribution is -2.08. The second-order valence-corrected chi connectivity index (χ2v) is 5.20. The Morgan fingerprint density at radius 1 is 1.35 bits per heavy atom. The summed E-state index contributed by atoms with van der Waals surface area (Å²) in [6, 6.07) is 11.9. The molecule has 100 valence electrons. The van der Waals surface area contributed by atoms with Gasteiger partial charge in [0, 0.05) is 12.7 Å². The predicted molar refractivity (Wildman–Crippen MR) is 77.0 cm³/mol. The smallest absolute Gasteiger partial charge is 0.120 e. The average molecular weight is 265 g/mol. The minimum atomic E-state index is -0.198. The van der Waals surface area contributed by atoms with Crippen molar-refractivity contribution in [2.45, 2.75) is 25.3 Å². The Labute approximate surface area is 117 Å². The Balaban J connectivity index is 2.06. The number of nitriles is 1. The summed E-state index contributed by atoms with van der Waals surface area (Å²) in [6.07, 6.45) is 2.84. The molecule has 4 heteroatoms. The van der Waals surface area contributed by atoms with Crippen molar-refractivity contribution in [1.29, 1.82) is 5.26 Å². The maximum absolute atomic E-state index is 10.9. The van der Waals surface area contributed by atoms with Gasteiger partial charge in [-0.15, -0.1) is 0 Å². The standard InChI is InChI=1S/C16H15N3O/c1-19-13(10-17)6-8-16(19)12-5-7-14-11(9-12)3-2-4-15(14)18-20/h5-9,15H,2-4H2,1H3. The minimum absolute atomic E-state index is 0.198. The zero-order valence-electron chi connectivity index (χ0n) is 11.3. The van der Waals surface area contributed by atoms with Crippen LogP contribution in [-0.4, -0.2) is 4.57 Å². The van der Waals surface area contributed by atoms with Crippen molar-refractivity contribution in [2.24, 2.45) is 12.2 Å². The summed E-state index contributed by atoms with van der Waals surface area (Å²) in [5.74, 6) is 0. The zero-order valence-corrected chi connectivity index (χ0v) is 11.3. The number of aryl methyl sites for hydroxylation is 1. The second kappa shape index (κ2) is 4.93. The molecule has 0 bridgehead atoms. The largest absolute Gasteiger partial charge is 0.335 e. The van der Waals surface area contributed by atoms with Crippen LogP contribution in [0.1, 0.15) is 35.7 Å². The summed E-state index contributed by atoms with van der Waals surface area (Å²) in [4.78, 5) is 10.9. The number of hydrogen-bond acceptors (Lipinski definition) is 3. The van der Waals surface area contributed by atoms with Gasteiger partial charge in [0.1, 0.15) is 17.8 Å². The number of rotatable bonds is 2. The van der Waals surface area contributed by atoms with Gasteiger partial charge in [-0.05, 0) is 54.2 Å². The Kier molecular flexibility index (Phi) is 3.11. The summed E-state index contributed by atoms with van der Waals surface area (Å²) < 4.78 is 1.89. The molecule has 1 aromatic carbocycles. The van der Waals surface area contributed by atoms with Crippen LogP contribution in [0.15, 0.2) is 35.5 Å². The number of hydrogen-bond donors (Lipinski definition) is 0. The van der Waals surface area contributed by atoms with Gasteiger partial charge >= 0.3 is 0 Å². The highest BCUT2D eigenvalue weighted by Crippen LogP contribution is 2.35. The Hall–Kier alpha value is -2.41. The van der Waals surface area contributed by atoms with E-state index in [1.54, 1.807) is 0 Å². The van der Waals surface area contributed by atoms with Gasteiger partial charge in [0.2, 0.25) is 0 Å². The SMILES string of the molecule is Cn1c(C#N)ccc1-c1ccc2c(c1)CCCC2N=O. The molecule has 1 atom stereocenters. The molecule has 0 aliphatic heterocycles. The monoisotopic (exact) mass is 265 g/mol. The van der Waals surface area contributed by atoms with Crippen LogP contribution >= 0.6 is 0 Å². The fourth-order valence-electron chi connectivity index (χ4n) is 2.97. The molecule has 0 fully saturated rings. The van der Waals surface area contributed by atoms with Crippen LogP contribution in [0.5, 0.6) is 0 Å². The van der Waals surface area contributed by atoms with Gasteiger partial charge in [-0.25, -0.2) is 0 Å². The van der Waals surface area contributed by atoms with Gasteiger partial charge in [-0.1, -0.05) is 17.3 Å². The summed E-state index contributed by atoms with van der Waals surface area (Å²) in [5.41, 5.74) is 5.01. The molecule has 20 heavy (non-hydrogen) atoms. The van der Waals surface area contributed by atoms with E-state index in [4.69, 9.17) is 5.26 Å². The minimum Gasteiger partial charge on any atom is -0.335 e. The Morgan fingerprint density at radius 2 is 2.20 bits per heavy atom. The summed E-state index contributed by atoms with van der Waals surface area (Å²) in [6.45, 7) is 0. The third-order valence-electron chi connectivity index (χ3n) is 4.08. The lowest BCUT2D eigenvalue weighted by Gasteiger charge is -2.21. The van der Waals surface area contributed by atoms with Gasteiger partial charge in [0.15, 0.2) is 0 Å². The number of nitrogens with zero attached hydrogens (tertiary/aromatic N) is 3. The average Bonchev–Trinajstić information content (AvgIpc) is 2.86. The fourth-order valence-corrected chi connectivity index (χ4v) is 2.97. The first kappa shape index (κ1) is 12.6. The van der Waals surface area contributed by atoms with Gasteiger partial charge in [0.25, 0.3) is 0 Å². The van der Waals surface area contributed by atoms with E-state index in [9.17, 15) is 4.91 Å². The molecule has 4 nitrogen and oxygen atoms in total. The fraction of sp³-hybridized carbons (Fsp3) is 0.312. The molecule has 1 aliphatic carbocycles. The summed E-state index contributed by atoms with van der Waals surface area (Å²) in [5, 5.41) is 12.2. The molecule has 0 N–H and O–H groups in total. The number of aromatic nitrogens is 1. The first-order valence-electron chi connectivity index (χ1n) is 6.76. The lowest BCUT2D eigenvalue weighted by atomic mass is 9.87. The molecule has 0 saturated carbocycles. The van der Waals surface area contributed by atoms with Crippen LogP contribution in [0.25, 0.3) is 11.3 Å². The highest BCUT2D eigenvalue weighted by molar-refractivity contribution is 5.64. The molecular weight excluding hydrogens is 250 g/mol. The molecule has 1 heterocycles. The van der Waals surface area contributed by atoms with Crippen LogP contribution in [-0.2, 0) is 13.5 Å². The van der Waals surface area contributed by atoms with Crippen LogP contribution in [0, 0.1) is 16.2 Å². The first-order chi connectivity index (χ1) is 9.74.